The van der Waals surface area contributed by atoms with Gasteiger partial charge in [-0.2, -0.15) is 0 Å². The summed E-state index contributed by atoms with van der Waals surface area (Å²) in [6.07, 6.45) is 1.96. The van der Waals surface area contributed by atoms with E-state index in [4.69, 9.17) is 33.9 Å². The van der Waals surface area contributed by atoms with Gasteiger partial charge in [0.1, 0.15) is 12.1 Å². The van der Waals surface area contributed by atoms with Crippen LogP contribution in [0.4, 0.5) is 5.69 Å². The first-order chi connectivity index (χ1) is 16.2. The fraction of sp³-hybridized carbons (Fsp3) is 0.583. The molecule has 0 aromatic heterocycles. The number of nitrogens with zero attached hydrogens (tertiary/aromatic N) is 4. The lowest BCUT2D eigenvalue weighted by Gasteiger charge is -2.35. The highest BCUT2D eigenvalue weighted by Gasteiger charge is 2.49. The van der Waals surface area contributed by atoms with Crippen molar-refractivity contribution in [2.75, 3.05) is 50.8 Å². The Morgan fingerprint density at radius 1 is 1.12 bits per heavy atom. The van der Waals surface area contributed by atoms with Crippen molar-refractivity contribution in [1.29, 1.82) is 0 Å². The normalized spacial score (nSPS) is 20.1. The number of piperazine rings is 1. The minimum Gasteiger partial charge on any atom is -0.471 e. The van der Waals surface area contributed by atoms with Crippen LogP contribution in [0.25, 0.3) is 0 Å². The van der Waals surface area contributed by atoms with Gasteiger partial charge < -0.3 is 19.3 Å². The Hall–Kier alpha value is -2.30. The van der Waals surface area contributed by atoms with Gasteiger partial charge >= 0.3 is 5.97 Å². The summed E-state index contributed by atoms with van der Waals surface area (Å²) in [5, 5.41) is 1.11. The van der Waals surface area contributed by atoms with E-state index in [1.54, 1.807) is 17.0 Å². The topological polar surface area (TPSA) is 65.6 Å². The monoisotopic (exact) mass is 504 g/mol. The van der Waals surface area contributed by atoms with E-state index in [9.17, 15) is 9.59 Å². The molecule has 3 heterocycles. The van der Waals surface area contributed by atoms with E-state index in [1.165, 1.54) is 0 Å². The van der Waals surface area contributed by atoms with Crippen LogP contribution in [-0.4, -0.2) is 88.3 Å². The summed E-state index contributed by atoms with van der Waals surface area (Å²) in [5.74, 6) is -0.374. The Labute approximate surface area is 211 Å². The molecule has 8 nitrogen and oxygen atoms in total. The van der Waals surface area contributed by atoms with Gasteiger partial charge in [-0.15, -0.1) is 0 Å². The van der Waals surface area contributed by atoms with Crippen LogP contribution in [0.15, 0.2) is 18.2 Å². The molecule has 2 saturated heterocycles. The molecule has 184 valence electrons. The van der Waals surface area contributed by atoms with Crippen molar-refractivity contribution in [3.05, 3.63) is 29.3 Å². The van der Waals surface area contributed by atoms with Gasteiger partial charge in [-0.25, -0.2) is 4.79 Å². The molecule has 0 bridgehead atoms. The molecule has 34 heavy (non-hydrogen) atoms. The molecule has 10 heteroatoms. The Balaban J connectivity index is 1.30. The first-order valence-corrected chi connectivity index (χ1v) is 12.7. The molecule has 1 aromatic rings. The van der Waals surface area contributed by atoms with Crippen molar-refractivity contribution in [2.45, 2.75) is 45.8 Å². The number of thiocarbonyl (C=S) groups is 2. The summed E-state index contributed by atoms with van der Waals surface area (Å²) in [5.41, 5.74) is 1.31. The summed E-state index contributed by atoms with van der Waals surface area (Å²) in [6.45, 7) is 12.1. The van der Waals surface area contributed by atoms with Crippen LogP contribution in [0.2, 0.25) is 0 Å². The molecular formula is C24H32N4O4S2. The summed E-state index contributed by atoms with van der Waals surface area (Å²) in [4.78, 5) is 33.2. The average molecular weight is 505 g/mol. The number of fused-ring (bicyclic) bond motifs is 1. The lowest BCUT2D eigenvalue weighted by Crippen LogP contribution is -2.49. The fourth-order valence-electron chi connectivity index (χ4n) is 4.67. The molecule has 0 aliphatic carbocycles. The van der Waals surface area contributed by atoms with Gasteiger partial charge in [-0.3, -0.25) is 14.6 Å². The Bertz CT molecular complexity index is 991. The van der Waals surface area contributed by atoms with Crippen LogP contribution in [0.1, 0.15) is 49.5 Å². The number of ether oxygens (including phenoxy) is 2. The first kappa shape index (κ1) is 24.8. The largest absolute Gasteiger partial charge is 0.471 e. The maximum absolute atomic E-state index is 13.3. The number of hydrogen-bond acceptors (Lipinski definition) is 7. The molecule has 0 saturated carbocycles. The highest BCUT2D eigenvalue weighted by molar-refractivity contribution is 7.80. The maximum Gasteiger partial charge on any atom is 0.338 e. The first-order valence-electron chi connectivity index (χ1n) is 11.8. The summed E-state index contributed by atoms with van der Waals surface area (Å²) < 4.78 is 10.5. The molecule has 0 unspecified atom stereocenters. The second-order valence-electron chi connectivity index (χ2n) is 9.29. The van der Waals surface area contributed by atoms with Gasteiger partial charge in [0.15, 0.2) is 5.11 Å². The van der Waals surface area contributed by atoms with Crippen LogP contribution >= 0.6 is 24.4 Å². The number of benzene rings is 1. The van der Waals surface area contributed by atoms with E-state index in [0.717, 1.165) is 57.7 Å². The smallest absolute Gasteiger partial charge is 0.338 e. The SMILES string of the molecule is CCOC(=S)N1CCN(CCCCN2C(=S)N(c3ccc4c(c3)COC4=O)C(=O)C2(C)C)CC1. The van der Waals surface area contributed by atoms with E-state index in [0.29, 0.717) is 28.1 Å². The highest BCUT2D eigenvalue weighted by Crippen LogP contribution is 2.34. The van der Waals surface area contributed by atoms with E-state index >= 15 is 0 Å². The molecule has 2 fully saturated rings. The third-order valence-electron chi connectivity index (χ3n) is 6.75. The van der Waals surface area contributed by atoms with Crippen molar-refractivity contribution in [3.63, 3.8) is 0 Å². The number of hydrogen-bond donors (Lipinski definition) is 0. The van der Waals surface area contributed by atoms with E-state index < -0.39 is 5.54 Å². The Morgan fingerprint density at radius 3 is 2.53 bits per heavy atom. The molecule has 0 N–H and O–H groups in total. The van der Waals surface area contributed by atoms with Gasteiger partial charge in [-0.1, -0.05) is 0 Å². The van der Waals surface area contributed by atoms with Crippen molar-refractivity contribution in [3.8, 4) is 0 Å². The standard InChI is InChI=1S/C24H32N4O4S2/c1-4-31-23(34)26-13-11-25(12-14-26)9-5-6-10-27-22(33)28(21(30)24(27,2)3)18-7-8-19-17(15-18)16-32-20(19)29/h7-8,15H,4-6,9-14,16H2,1-3H3. The van der Waals surface area contributed by atoms with E-state index in [2.05, 4.69) is 9.80 Å². The minimum atomic E-state index is -0.719. The lowest BCUT2D eigenvalue weighted by atomic mass is 10.0. The quantitative estimate of drug-likeness (QED) is 0.317. The summed E-state index contributed by atoms with van der Waals surface area (Å²) in [7, 11) is 0. The zero-order valence-electron chi connectivity index (χ0n) is 20.0. The summed E-state index contributed by atoms with van der Waals surface area (Å²) >= 11 is 11.1. The van der Waals surface area contributed by atoms with Gasteiger partial charge in [-0.05, 0) is 82.8 Å². The average Bonchev–Trinajstić information content (AvgIpc) is 3.26. The van der Waals surface area contributed by atoms with Crippen molar-refractivity contribution < 1.29 is 19.1 Å². The highest BCUT2D eigenvalue weighted by atomic mass is 32.1. The predicted octanol–water partition coefficient (Wildman–Crippen LogP) is 2.79. The third kappa shape index (κ3) is 4.76. The van der Waals surface area contributed by atoms with Gasteiger partial charge in [0, 0.05) is 38.3 Å². The molecular weight excluding hydrogens is 472 g/mol. The zero-order chi connectivity index (χ0) is 24.5. The van der Waals surface area contributed by atoms with Crippen LogP contribution in [-0.2, 0) is 20.9 Å². The zero-order valence-corrected chi connectivity index (χ0v) is 21.7. The Kier molecular flexibility index (Phi) is 7.39. The van der Waals surface area contributed by atoms with Crippen LogP contribution in [0, 0.1) is 0 Å². The summed E-state index contributed by atoms with van der Waals surface area (Å²) in [6, 6.07) is 5.32. The Morgan fingerprint density at radius 2 is 1.82 bits per heavy atom. The predicted molar refractivity (Wildman–Crippen MR) is 138 cm³/mol. The number of unbranched alkanes of at least 4 members (excludes halogenated alkanes) is 1. The van der Waals surface area contributed by atoms with E-state index in [1.807, 2.05) is 31.7 Å². The number of cyclic esters (lactones) is 1. The number of carbonyl (C=O) groups excluding carboxylic acids is 2. The molecule has 4 rings (SSSR count). The van der Waals surface area contributed by atoms with Crippen molar-refractivity contribution >= 4 is 52.3 Å². The maximum atomic E-state index is 13.3. The molecule has 0 spiro atoms. The van der Waals surface area contributed by atoms with Gasteiger partial charge in [0.25, 0.3) is 11.1 Å². The molecule has 3 aliphatic heterocycles. The molecule has 1 amide bonds. The number of rotatable bonds is 7. The number of esters is 1. The van der Waals surface area contributed by atoms with Crippen LogP contribution in [0.5, 0.6) is 0 Å². The van der Waals surface area contributed by atoms with Crippen LogP contribution in [0.3, 0.4) is 0 Å². The number of amides is 1. The number of anilines is 1. The minimum absolute atomic E-state index is 0.0518. The van der Waals surface area contributed by atoms with Crippen molar-refractivity contribution in [2.24, 2.45) is 0 Å². The van der Waals surface area contributed by atoms with Gasteiger partial charge in [0.2, 0.25) is 0 Å². The molecule has 1 aromatic carbocycles. The third-order valence-corrected chi connectivity index (χ3v) is 7.53. The number of carbonyl (C=O) groups is 2. The second kappa shape index (κ2) is 10.1. The van der Waals surface area contributed by atoms with E-state index in [-0.39, 0.29) is 18.5 Å². The lowest BCUT2D eigenvalue weighted by molar-refractivity contribution is -0.123. The van der Waals surface area contributed by atoms with Crippen molar-refractivity contribution in [1.82, 2.24) is 14.7 Å². The second-order valence-corrected chi connectivity index (χ2v) is 10.0. The molecule has 0 radical (unpaired) electrons. The fourth-order valence-corrected chi connectivity index (χ4v) is 5.48. The molecule has 0 atom stereocenters. The van der Waals surface area contributed by atoms with Gasteiger partial charge in [0.05, 0.1) is 17.9 Å². The molecule has 3 aliphatic rings. The van der Waals surface area contributed by atoms with Crippen LogP contribution < -0.4 is 4.90 Å².